The van der Waals surface area contributed by atoms with Gasteiger partial charge in [-0.3, -0.25) is 13.8 Å². The van der Waals surface area contributed by atoms with Crippen molar-refractivity contribution >= 4 is 51.5 Å². The largest absolute Gasteiger partial charge is 0.480 e. The third-order valence-corrected chi connectivity index (χ3v) is 7.95. The minimum atomic E-state index is -1.39. The second-order valence-electron chi connectivity index (χ2n) is 9.29. The SMILES string of the molecule is Cc1ccc(F)cc1[C@@H]1NC(=O)C[C@H](c2cc(Cl)ccc2OCS(C)=O)C12C(=O)Nc1cc(Cl)ccc12. The average Bonchev–Trinajstić information content (AvgIpc) is 3.12. The highest BCUT2D eigenvalue weighted by Crippen LogP contribution is 2.59. The Hall–Kier alpha value is -2.94. The monoisotopic (exact) mass is 560 g/mol. The zero-order valence-electron chi connectivity index (χ0n) is 19.9. The van der Waals surface area contributed by atoms with Crippen LogP contribution in [0.1, 0.15) is 40.6 Å². The van der Waals surface area contributed by atoms with Crippen LogP contribution in [0.4, 0.5) is 10.1 Å². The number of benzene rings is 3. The molecule has 2 heterocycles. The summed E-state index contributed by atoms with van der Waals surface area (Å²) in [7, 11) is -1.26. The molecule has 0 aliphatic carbocycles. The highest BCUT2D eigenvalue weighted by Gasteiger charge is 2.61. The van der Waals surface area contributed by atoms with E-state index in [0.29, 0.717) is 43.7 Å². The maximum Gasteiger partial charge on any atom is 0.238 e. The van der Waals surface area contributed by atoms with Crippen LogP contribution in [-0.4, -0.2) is 28.2 Å². The molecule has 2 aliphatic rings. The van der Waals surface area contributed by atoms with Crippen LogP contribution in [0, 0.1) is 12.7 Å². The van der Waals surface area contributed by atoms with Gasteiger partial charge >= 0.3 is 0 Å². The second-order valence-corrected chi connectivity index (χ2v) is 11.5. The van der Waals surface area contributed by atoms with Crippen LogP contribution in [0.2, 0.25) is 10.0 Å². The summed E-state index contributed by atoms with van der Waals surface area (Å²) in [5.74, 6) is -1.64. The van der Waals surface area contributed by atoms with E-state index in [1.165, 1.54) is 18.4 Å². The molecule has 2 amide bonds. The molecule has 192 valence electrons. The van der Waals surface area contributed by atoms with E-state index in [-0.39, 0.29) is 24.2 Å². The molecule has 10 heteroatoms. The first-order valence-electron chi connectivity index (χ1n) is 11.5. The quantitative estimate of drug-likeness (QED) is 0.438. The highest BCUT2D eigenvalue weighted by molar-refractivity contribution is 7.84. The van der Waals surface area contributed by atoms with Gasteiger partial charge in [0.25, 0.3) is 0 Å². The molecule has 1 fully saturated rings. The molecule has 4 atom stereocenters. The van der Waals surface area contributed by atoms with E-state index < -0.39 is 34.0 Å². The molecule has 2 unspecified atom stereocenters. The fourth-order valence-electron chi connectivity index (χ4n) is 5.51. The lowest BCUT2D eigenvalue weighted by molar-refractivity contribution is -0.131. The molecule has 0 bridgehead atoms. The standard InChI is InChI=1S/C27H23Cl2FN2O4S/c1-14-3-6-17(30)11-18(14)25-27(20-7-4-16(29)10-22(20)31-26(27)34)21(12-24(33)32-25)19-9-15(28)5-8-23(19)36-13-37(2)35/h3-11,21,25H,12-13H2,1-2H3,(H,31,34)(H,32,33)/t21-,25+,27?,37?/m1/s1. The van der Waals surface area contributed by atoms with Crippen molar-refractivity contribution in [1.82, 2.24) is 5.32 Å². The molecule has 1 spiro atoms. The van der Waals surface area contributed by atoms with Crippen molar-refractivity contribution in [3.63, 3.8) is 0 Å². The first-order chi connectivity index (χ1) is 17.6. The van der Waals surface area contributed by atoms with E-state index in [1.807, 2.05) is 0 Å². The van der Waals surface area contributed by atoms with Crippen LogP contribution >= 0.6 is 23.2 Å². The third-order valence-electron chi connectivity index (χ3n) is 7.03. The molecule has 5 rings (SSSR count). The van der Waals surface area contributed by atoms with Gasteiger partial charge in [-0.25, -0.2) is 4.39 Å². The minimum Gasteiger partial charge on any atom is -0.480 e. The number of hydrogen-bond acceptors (Lipinski definition) is 4. The molecule has 1 saturated heterocycles. The zero-order chi connectivity index (χ0) is 26.5. The number of ether oxygens (including phenoxy) is 1. The van der Waals surface area contributed by atoms with Crippen LogP contribution in [0.3, 0.4) is 0 Å². The van der Waals surface area contributed by atoms with Gasteiger partial charge in [0.1, 0.15) is 17.0 Å². The molecule has 0 aromatic heterocycles. The Morgan fingerprint density at radius 2 is 1.78 bits per heavy atom. The summed E-state index contributed by atoms with van der Waals surface area (Å²) in [5.41, 5.74) is 1.45. The molecule has 0 saturated carbocycles. The second kappa shape index (κ2) is 9.74. The predicted octanol–water partition coefficient (Wildman–Crippen LogP) is 5.39. The van der Waals surface area contributed by atoms with Crippen molar-refractivity contribution < 1.29 is 22.9 Å². The van der Waals surface area contributed by atoms with Crippen LogP contribution in [-0.2, 0) is 25.8 Å². The lowest BCUT2D eigenvalue weighted by Crippen LogP contribution is -2.57. The van der Waals surface area contributed by atoms with Crippen molar-refractivity contribution in [2.45, 2.75) is 30.7 Å². The van der Waals surface area contributed by atoms with Gasteiger partial charge in [-0.05, 0) is 66.1 Å². The molecule has 37 heavy (non-hydrogen) atoms. The Kier molecular flexibility index (Phi) is 6.77. The lowest BCUT2D eigenvalue weighted by atomic mass is 9.59. The zero-order valence-corrected chi connectivity index (χ0v) is 22.3. The number of nitrogens with one attached hydrogen (secondary N) is 2. The minimum absolute atomic E-state index is 0.0632. The molecule has 3 aromatic carbocycles. The van der Waals surface area contributed by atoms with Crippen LogP contribution in [0.5, 0.6) is 5.75 Å². The number of rotatable bonds is 5. The van der Waals surface area contributed by atoms with Gasteiger partial charge in [0.2, 0.25) is 11.8 Å². The Morgan fingerprint density at radius 3 is 2.54 bits per heavy atom. The first kappa shape index (κ1) is 25.7. The molecule has 0 radical (unpaired) electrons. The van der Waals surface area contributed by atoms with Crippen molar-refractivity contribution in [3.8, 4) is 5.75 Å². The van der Waals surface area contributed by atoms with Crippen LogP contribution in [0.25, 0.3) is 0 Å². The smallest absolute Gasteiger partial charge is 0.238 e. The number of halogens is 3. The topological polar surface area (TPSA) is 84.5 Å². The summed E-state index contributed by atoms with van der Waals surface area (Å²) in [5, 5.41) is 6.74. The Bertz CT molecular complexity index is 1470. The number of hydrogen-bond donors (Lipinski definition) is 2. The number of carbonyl (C=O) groups excluding carboxylic acids is 2. The van der Waals surface area contributed by atoms with Gasteiger partial charge in [0.15, 0.2) is 5.94 Å². The summed E-state index contributed by atoms with van der Waals surface area (Å²) >= 11 is 12.7. The van der Waals surface area contributed by atoms with Gasteiger partial charge in [-0.15, -0.1) is 0 Å². The Morgan fingerprint density at radius 1 is 1.05 bits per heavy atom. The van der Waals surface area contributed by atoms with E-state index in [9.17, 15) is 18.2 Å². The van der Waals surface area contributed by atoms with E-state index in [2.05, 4.69) is 10.6 Å². The average molecular weight is 561 g/mol. The van der Waals surface area contributed by atoms with Gasteiger partial charge < -0.3 is 15.4 Å². The molecule has 2 N–H and O–H groups in total. The van der Waals surface area contributed by atoms with Crippen LogP contribution < -0.4 is 15.4 Å². The number of amides is 2. The molecule has 6 nitrogen and oxygen atoms in total. The highest BCUT2D eigenvalue weighted by atomic mass is 35.5. The summed E-state index contributed by atoms with van der Waals surface area (Å²) in [4.78, 5) is 27.4. The fraction of sp³-hybridized carbons (Fsp3) is 0.259. The maximum atomic E-state index is 14.5. The van der Waals surface area contributed by atoms with Gasteiger partial charge in [0, 0.05) is 39.9 Å². The van der Waals surface area contributed by atoms with E-state index >= 15 is 0 Å². The van der Waals surface area contributed by atoms with E-state index in [4.69, 9.17) is 27.9 Å². The fourth-order valence-corrected chi connectivity index (χ4v) is 6.16. The summed E-state index contributed by atoms with van der Waals surface area (Å²) in [6.07, 6.45) is 1.45. The van der Waals surface area contributed by atoms with Gasteiger partial charge in [-0.1, -0.05) is 35.3 Å². The predicted molar refractivity (Wildman–Crippen MR) is 142 cm³/mol. The third kappa shape index (κ3) is 4.41. The van der Waals surface area contributed by atoms with Crippen LogP contribution in [0.15, 0.2) is 54.6 Å². The number of anilines is 1. The molecular formula is C27H23Cl2FN2O4S. The maximum absolute atomic E-state index is 14.5. The first-order valence-corrected chi connectivity index (χ1v) is 14.0. The normalized spacial score (nSPS) is 23.4. The Labute approximate surface area is 226 Å². The number of aryl methyl sites for hydroxylation is 1. The molecular weight excluding hydrogens is 538 g/mol. The Balaban J connectivity index is 1.81. The lowest BCUT2D eigenvalue weighted by Gasteiger charge is -2.47. The number of piperidine rings is 1. The summed E-state index contributed by atoms with van der Waals surface area (Å²) < 4.78 is 32.2. The van der Waals surface area contributed by atoms with Crippen molar-refractivity contribution in [2.75, 3.05) is 17.5 Å². The van der Waals surface area contributed by atoms with Crippen molar-refractivity contribution in [2.24, 2.45) is 0 Å². The van der Waals surface area contributed by atoms with Gasteiger partial charge in [-0.2, -0.15) is 0 Å². The number of fused-ring (bicyclic) bond motifs is 2. The van der Waals surface area contributed by atoms with Gasteiger partial charge in [0.05, 0.1) is 16.8 Å². The number of carbonyl (C=O) groups is 2. The van der Waals surface area contributed by atoms with Crippen molar-refractivity contribution in [3.05, 3.63) is 92.7 Å². The molecule has 3 aromatic rings. The summed E-state index contributed by atoms with van der Waals surface area (Å²) in [6, 6.07) is 13.4. The van der Waals surface area contributed by atoms with E-state index in [0.717, 1.165) is 0 Å². The van der Waals surface area contributed by atoms with Crippen molar-refractivity contribution in [1.29, 1.82) is 0 Å². The van der Waals surface area contributed by atoms with E-state index in [1.54, 1.807) is 49.4 Å². The molecule has 2 aliphatic heterocycles. The summed E-state index contributed by atoms with van der Waals surface area (Å²) in [6.45, 7) is 1.80.